The summed E-state index contributed by atoms with van der Waals surface area (Å²) in [7, 11) is -1.84. The molecule has 3 nitrogen and oxygen atoms in total. The molecular weight excluding hydrogens is 341 g/mol. The van der Waals surface area contributed by atoms with Gasteiger partial charge in [0.25, 0.3) is 0 Å². The third-order valence-corrected chi connectivity index (χ3v) is 5.85. The first-order valence-corrected chi connectivity index (χ1v) is 9.08. The number of benzene rings is 2. The lowest BCUT2D eigenvalue weighted by atomic mass is 10.1. The maximum atomic E-state index is 12.4. The Morgan fingerprint density at radius 2 is 1.55 bits per heavy atom. The van der Waals surface area contributed by atoms with Crippen LogP contribution in [-0.4, -0.2) is 19.8 Å². The van der Waals surface area contributed by atoms with Crippen LogP contribution >= 0.6 is 23.2 Å². The van der Waals surface area contributed by atoms with E-state index in [4.69, 9.17) is 23.2 Å². The van der Waals surface area contributed by atoms with Crippen LogP contribution in [0.15, 0.2) is 42.5 Å². The smallest absolute Gasteiger partial charge is 0.212 e. The van der Waals surface area contributed by atoms with Gasteiger partial charge in [-0.1, -0.05) is 59.1 Å². The van der Waals surface area contributed by atoms with Gasteiger partial charge in [-0.2, -0.15) is 0 Å². The highest BCUT2D eigenvalue weighted by Gasteiger charge is 2.19. The Bertz CT molecular complexity index is 758. The van der Waals surface area contributed by atoms with E-state index in [2.05, 4.69) is 0 Å². The van der Waals surface area contributed by atoms with Crippen molar-refractivity contribution in [1.29, 1.82) is 0 Å². The molecule has 0 aliphatic rings. The zero-order valence-electron chi connectivity index (χ0n) is 12.4. The van der Waals surface area contributed by atoms with Gasteiger partial charge in [-0.25, -0.2) is 12.7 Å². The van der Waals surface area contributed by atoms with Crippen LogP contribution in [0.5, 0.6) is 0 Å². The van der Waals surface area contributed by atoms with Gasteiger partial charge >= 0.3 is 0 Å². The highest BCUT2D eigenvalue weighted by Crippen LogP contribution is 2.24. The summed E-state index contributed by atoms with van der Waals surface area (Å²) in [6.45, 7) is 2.33. The van der Waals surface area contributed by atoms with Crippen molar-refractivity contribution in [1.82, 2.24) is 4.31 Å². The highest BCUT2D eigenvalue weighted by molar-refractivity contribution is 7.88. The number of nitrogens with zero attached hydrogens (tertiary/aromatic N) is 1. The normalized spacial score (nSPS) is 11.9. The summed E-state index contributed by atoms with van der Waals surface area (Å²) in [5, 5.41) is 0.770. The third kappa shape index (κ3) is 4.46. The Morgan fingerprint density at radius 1 is 0.955 bits per heavy atom. The van der Waals surface area contributed by atoms with Gasteiger partial charge in [0.2, 0.25) is 10.0 Å². The summed E-state index contributed by atoms with van der Waals surface area (Å²) >= 11 is 11.8. The Kier molecular flexibility index (Phi) is 5.50. The Morgan fingerprint density at radius 3 is 2.14 bits per heavy atom. The first kappa shape index (κ1) is 17.3. The van der Waals surface area contributed by atoms with Crippen molar-refractivity contribution >= 4 is 33.2 Å². The van der Waals surface area contributed by atoms with Crippen molar-refractivity contribution in [2.75, 3.05) is 7.05 Å². The maximum absolute atomic E-state index is 12.4. The van der Waals surface area contributed by atoms with Gasteiger partial charge in [-0.3, -0.25) is 0 Å². The molecule has 0 aliphatic heterocycles. The number of aryl methyl sites for hydroxylation is 1. The molecule has 118 valence electrons. The van der Waals surface area contributed by atoms with Crippen LogP contribution in [-0.2, 0) is 22.3 Å². The molecular formula is C16H17Cl2NO2S. The van der Waals surface area contributed by atoms with Crippen LogP contribution in [0.3, 0.4) is 0 Å². The lowest BCUT2D eigenvalue weighted by molar-refractivity contribution is 0.466. The SMILES string of the molecule is Cc1ccc(CN(C)S(=O)(=O)Cc2ccc(Cl)c(Cl)c2)cc1. The molecule has 0 heterocycles. The minimum atomic E-state index is -3.42. The van der Waals surface area contributed by atoms with E-state index in [-0.39, 0.29) is 5.75 Å². The minimum absolute atomic E-state index is 0.105. The predicted molar refractivity (Wildman–Crippen MR) is 91.7 cm³/mol. The van der Waals surface area contributed by atoms with Crippen molar-refractivity contribution in [3.63, 3.8) is 0 Å². The fraction of sp³-hybridized carbons (Fsp3) is 0.250. The van der Waals surface area contributed by atoms with Gasteiger partial charge in [-0.05, 0) is 30.2 Å². The van der Waals surface area contributed by atoms with E-state index in [1.54, 1.807) is 25.2 Å². The summed E-state index contributed by atoms with van der Waals surface area (Å²) in [4.78, 5) is 0. The summed E-state index contributed by atoms with van der Waals surface area (Å²) in [6, 6.07) is 12.7. The molecule has 0 saturated heterocycles. The second-order valence-corrected chi connectivity index (χ2v) is 8.14. The first-order valence-electron chi connectivity index (χ1n) is 6.71. The molecule has 0 fully saturated rings. The number of rotatable bonds is 5. The summed E-state index contributed by atoms with van der Waals surface area (Å²) in [6.07, 6.45) is 0. The molecule has 0 bridgehead atoms. The average molecular weight is 358 g/mol. The van der Waals surface area contributed by atoms with E-state index in [1.165, 1.54) is 4.31 Å². The van der Waals surface area contributed by atoms with Gasteiger partial charge < -0.3 is 0 Å². The maximum Gasteiger partial charge on any atom is 0.218 e. The average Bonchev–Trinajstić information content (AvgIpc) is 2.45. The topological polar surface area (TPSA) is 37.4 Å². The van der Waals surface area contributed by atoms with E-state index in [0.29, 0.717) is 22.2 Å². The zero-order valence-corrected chi connectivity index (χ0v) is 14.7. The van der Waals surface area contributed by atoms with Crippen molar-refractivity contribution < 1.29 is 8.42 Å². The molecule has 0 atom stereocenters. The van der Waals surface area contributed by atoms with Gasteiger partial charge in [0.05, 0.1) is 15.8 Å². The standard InChI is InChI=1S/C16H17Cl2NO2S/c1-12-3-5-13(6-4-12)10-19(2)22(20,21)11-14-7-8-15(17)16(18)9-14/h3-9H,10-11H2,1-2H3. The monoisotopic (exact) mass is 357 g/mol. The van der Waals surface area contributed by atoms with Gasteiger partial charge in [0.15, 0.2) is 0 Å². The predicted octanol–water partition coefficient (Wildman–Crippen LogP) is 4.26. The first-order chi connectivity index (χ1) is 10.3. The van der Waals surface area contributed by atoms with Crippen LogP contribution in [0.2, 0.25) is 10.0 Å². The summed E-state index contributed by atoms with van der Waals surface area (Å²) < 4.78 is 26.2. The zero-order chi connectivity index (χ0) is 16.3. The largest absolute Gasteiger partial charge is 0.218 e. The number of hydrogen-bond acceptors (Lipinski definition) is 2. The van der Waals surface area contributed by atoms with Crippen LogP contribution in [0.25, 0.3) is 0 Å². The molecule has 6 heteroatoms. The van der Waals surface area contributed by atoms with Crippen LogP contribution in [0, 0.1) is 6.92 Å². The fourth-order valence-electron chi connectivity index (χ4n) is 2.00. The molecule has 0 amide bonds. The molecule has 0 aliphatic carbocycles. The summed E-state index contributed by atoms with van der Waals surface area (Å²) in [5.74, 6) is -0.105. The van der Waals surface area contributed by atoms with Crippen molar-refractivity contribution in [2.24, 2.45) is 0 Å². The molecule has 0 spiro atoms. The lowest BCUT2D eigenvalue weighted by Crippen LogP contribution is -2.27. The number of sulfonamides is 1. The van der Waals surface area contributed by atoms with Crippen molar-refractivity contribution in [2.45, 2.75) is 19.2 Å². The van der Waals surface area contributed by atoms with Crippen molar-refractivity contribution in [3.05, 3.63) is 69.2 Å². The minimum Gasteiger partial charge on any atom is -0.212 e. The Balaban J connectivity index is 2.11. The van der Waals surface area contributed by atoms with E-state index in [9.17, 15) is 8.42 Å². The van der Waals surface area contributed by atoms with Gasteiger partial charge in [-0.15, -0.1) is 0 Å². The molecule has 2 aromatic rings. The van der Waals surface area contributed by atoms with E-state index in [1.807, 2.05) is 31.2 Å². The number of hydrogen-bond donors (Lipinski definition) is 0. The quantitative estimate of drug-likeness (QED) is 0.801. The third-order valence-electron chi connectivity index (χ3n) is 3.33. The molecule has 0 saturated carbocycles. The Labute approximate surface area is 141 Å². The van der Waals surface area contributed by atoms with Crippen LogP contribution < -0.4 is 0 Å². The second-order valence-electron chi connectivity index (χ2n) is 5.25. The molecule has 0 unspecified atom stereocenters. The Hall–Kier alpha value is -1.07. The summed E-state index contributed by atoms with van der Waals surface area (Å²) in [5.41, 5.74) is 2.71. The highest BCUT2D eigenvalue weighted by atomic mass is 35.5. The fourth-order valence-corrected chi connectivity index (χ4v) is 3.49. The molecule has 22 heavy (non-hydrogen) atoms. The van der Waals surface area contributed by atoms with Crippen LogP contribution in [0.1, 0.15) is 16.7 Å². The van der Waals surface area contributed by atoms with E-state index in [0.717, 1.165) is 11.1 Å². The van der Waals surface area contributed by atoms with Gasteiger partial charge in [0, 0.05) is 13.6 Å². The van der Waals surface area contributed by atoms with Crippen molar-refractivity contribution in [3.8, 4) is 0 Å². The van der Waals surface area contributed by atoms with E-state index < -0.39 is 10.0 Å². The molecule has 0 N–H and O–H groups in total. The number of halogens is 2. The second kappa shape index (κ2) is 7.01. The molecule has 0 aromatic heterocycles. The molecule has 2 aromatic carbocycles. The van der Waals surface area contributed by atoms with Gasteiger partial charge in [0.1, 0.15) is 0 Å². The lowest BCUT2D eigenvalue weighted by Gasteiger charge is -2.17. The molecule has 2 rings (SSSR count). The molecule has 0 radical (unpaired) electrons. The van der Waals surface area contributed by atoms with Crippen LogP contribution in [0.4, 0.5) is 0 Å². The van der Waals surface area contributed by atoms with E-state index >= 15 is 0 Å².